The quantitative estimate of drug-likeness (QED) is 0.525. The van der Waals surface area contributed by atoms with Gasteiger partial charge < -0.3 is 14.4 Å². The second-order valence-electron chi connectivity index (χ2n) is 6.55. The van der Waals surface area contributed by atoms with E-state index in [9.17, 15) is 9.59 Å². The minimum Gasteiger partial charge on any atom is -0.497 e. The van der Waals surface area contributed by atoms with E-state index in [1.165, 1.54) is 0 Å². The molecule has 1 amide bonds. The molecule has 31 heavy (non-hydrogen) atoms. The molecule has 3 heterocycles. The number of allylic oxidation sites excluding steroid dienone is 2. The molecule has 158 valence electrons. The van der Waals surface area contributed by atoms with Crippen LogP contribution in [0.4, 0.5) is 11.5 Å². The van der Waals surface area contributed by atoms with E-state index in [0.717, 1.165) is 26.4 Å². The van der Waals surface area contributed by atoms with Gasteiger partial charge in [-0.05, 0) is 49.4 Å². The number of esters is 1. The number of thioether (sulfide) groups is 1. The maximum atomic E-state index is 13.0. The minimum absolute atomic E-state index is 0.0424. The highest BCUT2D eigenvalue weighted by atomic mass is 32.2. The third-order valence-corrected chi connectivity index (χ3v) is 5.84. The first-order valence-corrected chi connectivity index (χ1v) is 10.4. The molecular weight excluding hydrogens is 416 g/mol. The Morgan fingerprint density at radius 1 is 1.23 bits per heavy atom. The topological polar surface area (TPSA) is 84.3 Å². The van der Waals surface area contributed by atoms with Gasteiger partial charge in [-0.25, -0.2) is 9.78 Å². The SMILES string of the molecule is CCOC(=O)C1=NN(c2ccccn2)C(=O)C1=C/C=C1/Sc2cc(OC)ccc2N1C. The number of ether oxygens (including phenoxy) is 2. The minimum atomic E-state index is -0.653. The van der Waals surface area contributed by atoms with Crippen molar-refractivity contribution in [2.75, 3.05) is 30.7 Å². The number of fused-ring (bicyclic) bond motifs is 1. The van der Waals surface area contributed by atoms with Crippen molar-refractivity contribution in [3.05, 3.63) is 65.3 Å². The summed E-state index contributed by atoms with van der Waals surface area (Å²) in [5.41, 5.74) is 1.14. The Morgan fingerprint density at radius 2 is 2.06 bits per heavy atom. The van der Waals surface area contributed by atoms with Crippen LogP contribution in [0.1, 0.15) is 6.92 Å². The highest BCUT2D eigenvalue weighted by molar-refractivity contribution is 8.03. The summed E-state index contributed by atoms with van der Waals surface area (Å²) in [6, 6.07) is 11.0. The van der Waals surface area contributed by atoms with Gasteiger partial charge in [0.2, 0.25) is 0 Å². The number of benzene rings is 1. The normalized spacial score (nSPS) is 17.9. The molecule has 0 aliphatic carbocycles. The standard InChI is InChI=1S/C22H20N4O4S/c1-4-30-22(28)20-15(21(27)26(24-20)18-7-5-6-12-23-18)9-11-19-25(2)16-10-8-14(29-3)13-17(16)31-19/h5-13H,4H2,1-3H3/b15-9?,19-11+. The second kappa shape index (κ2) is 8.65. The molecule has 1 aromatic carbocycles. The third-order valence-electron chi connectivity index (χ3n) is 4.68. The van der Waals surface area contributed by atoms with Crippen molar-refractivity contribution < 1.29 is 19.1 Å². The van der Waals surface area contributed by atoms with E-state index >= 15 is 0 Å². The van der Waals surface area contributed by atoms with Gasteiger partial charge in [-0.3, -0.25) is 4.79 Å². The number of hydrazone groups is 1. The fourth-order valence-electron chi connectivity index (χ4n) is 3.13. The smallest absolute Gasteiger partial charge is 0.359 e. The molecule has 0 fully saturated rings. The maximum Gasteiger partial charge on any atom is 0.359 e. The van der Waals surface area contributed by atoms with Crippen molar-refractivity contribution in [3.63, 3.8) is 0 Å². The molecule has 0 unspecified atom stereocenters. The average Bonchev–Trinajstić information content (AvgIpc) is 3.29. The monoisotopic (exact) mass is 436 g/mol. The summed E-state index contributed by atoms with van der Waals surface area (Å²) in [6.45, 7) is 1.88. The fourth-order valence-corrected chi connectivity index (χ4v) is 4.21. The van der Waals surface area contributed by atoms with Crippen LogP contribution in [0.25, 0.3) is 0 Å². The Kier molecular flexibility index (Phi) is 5.77. The molecule has 0 atom stereocenters. The molecule has 0 spiro atoms. The second-order valence-corrected chi connectivity index (χ2v) is 7.62. The van der Waals surface area contributed by atoms with E-state index in [2.05, 4.69) is 10.1 Å². The summed E-state index contributed by atoms with van der Waals surface area (Å²) in [4.78, 5) is 32.7. The summed E-state index contributed by atoms with van der Waals surface area (Å²) in [7, 11) is 3.56. The summed E-state index contributed by atoms with van der Waals surface area (Å²) < 4.78 is 10.4. The Labute approximate surface area is 183 Å². The number of pyridine rings is 1. The van der Waals surface area contributed by atoms with E-state index in [-0.39, 0.29) is 17.9 Å². The maximum absolute atomic E-state index is 13.0. The van der Waals surface area contributed by atoms with Crippen molar-refractivity contribution in [2.45, 2.75) is 11.8 Å². The lowest BCUT2D eigenvalue weighted by Gasteiger charge is -2.13. The van der Waals surface area contributed by atoms with Crippen molar-refractivity contribution in [2.24, 2.45) is 5.10 Å². The molecule has 0 radical (unpaired) electrons. The molecule has 0 bridgehead atoms. The van der Waals surface area contributed by atoms with Crippen LogP contribution >= 0.6 is 11.8 Å². The van der Waals surface area contributed by atoms with E-state index in [4.69, 9.17) is 9.47 Å². The van der Waals surface area contributed by atoms with Gasteiger partial charge in [-0.15, -0.1) is 0 Å². The van der Waals surface area contributed by atoms with Crippen molar-refractivity contribution in [3.8, 4) is 5.75 Å². The van der Waals surface area contributed by atoms with E-state index in [1.54, 1.807) is 62.3 Å². The summed E-state index contributed by atoms with van der Waals surface area (Å²) in [5, 5.41) is 6.20. The predicted octanol–water partition coefficient (Wildman–Crippen LogP) is 3.37. The Bertz CT molecular complexity index is 1130. The van der Waals surface area contributed by atoms with Gasteiger partial charge in [-0.1, -0.05) is 17.8 Å². The summed E-state index contributed by atoms with van der Waals surface area (Å²) >= 11 is 1.54. The van der Waals surface area contributed by atoms with Gasteiger partial charge in [0.1, 0.15) is 5.75 Å². The zero-order valence-electron chi connectivity index (χ0n) is 17.2. The Morgan fingerprint density at radius 3 is 2.77 bits per heavy atom. The van der Waals surface area contributed by atoms with E-state index < -0.39 is 11.9 Å². The van der Waals surface area contributed by atoms with Crippen LogP contribution in [-0.4, -0.2) is 43.3 Å². The highest BCUT2D eigenvalue weighted by Gasteiger charge is 2.36. The number of nitrogens with zero attached hydrogens (tertiary/aromatic N) is 4. The number of methoxy groups -OCH3 is 1. The number of hydrogen-bond donors (Lipinski definition) is 0. The number of aromatic nitrogens is 1. The first-order valence-electron chi connectivity index (χ1n) is 9.56. The fraction of sp³-hybridized carbons (Fsp3) is 0.182. The van der Waals surface area contributed by atoms with Crippen molar-refractivity contribution in [1.82, 2.24) is 4.98 Å². The molecule has 2 aliphatic heterocycles. The molecule has 9 heteroatoms. The zero-order chi connectivity index (χ0) is 22.0. The number of carbonyl (C=O) groups excluding carboxylic acids is 2. The Hall–Kier alpha value is -3.59. The first-order chi connectivity index (χ1) is 15.0. The molecule has 2 aromatic rings. The number of hydrogen-bond acceptors (Lipinski definition) is 8. The van der Waals surface area contributed by atoms with Gasteiger partial charge in [0.25, 0.3) is 5.91 Å². The number of anilines is 2. The van der Waals surface area contributed by atoms with Gasteiger partial charge >= 0.3 is 5.97 Å². The lowest BCUT2D eigenvalue weighted by atomic mass is 10.1. The zero-order valence-corrected chi connectivity index (χ0v) is 18.0. The number of amides is 1. The van der Waals surface area contributed by atoms with Crippen LogP contribution < -0.4 is 14.6 Å². The Balaban J connectivity index is 1.67. The van der Waals surface area contributed by atoms with Crippen LogP contribution in [0.3, 0.4) is 0 Å². The lowest BCUT2D eigenvalue weighted by Crippen LogP contribution is -2.23. The van der Waals surface area contributed by atoms with Crippen LogP contribution in [0.2, 0.25) is 0 Å². The molecule has 8 nitrogen and oxygen atoms in total. The molecule has 4 rings (SSSR count). The number of carbonyl (C=O) groups is 2. The van der Waals surface area contributed by atoms with E-state index in [1.807, 2.05) is 30.1 Å². The molecule has 0 N–H and O–H groups in total. The van der Waals surface area contributed by atoms with Gasteiger partial charge in [0.15, 0.2) is 11.5 Å². The van der Waals surface area contributed by atoms with E-state index in [0.29, 0.717) is 5.82 Å². The van der Waals surface area contributed by atoms with Gasteiger partial charge in [0.05, 0.1) is 30.0 Å². The molecule has 0 saturated carbocycles. The van der Waals surface area contributed by atoms with Crippen LogP contribution in [0.5, 0.6) is 5.75 Å². The first kappa shape index (κ1) is 20.7. The van der Waals surface area contributed by atoms with Gasteiger partial charge in [-0.2, -0.15) is 10.1 Å². The van der Waals surface area contributed by atoms with Crippen LogP contribution in [0.15, 0.2) is 75.3 Å². The van der Waals surface area contributed by atoms with Crippen molar-refractivity contribution >= 4 is 40.9 Å². The predicted molar refractivity (Wildman–Crippen MR) is 119 cm³/mol. The van der Waals surface area contributed by atoms with Crippen molar-refractivity contribution in [1.29, 1.82) is 0 Å². The number of rotatable bonds is 5. The summed E-state index contributed by atoms with van der Waals surface area (Å²) in [6.07, 6.45) is 4.95. The lowest BCUT2D eigenvalue weighted by molar-refractivity contribution is -0.135. The molecule has 0 saturated heterocycles. The molecular formula is C22H20N4O4S. The molecule has 2 aliphatic rings. The molecule has 1 aromatic heterocycles. The van der Waals surface area contributed by atoms with Gasteiger partial charge in [0, 0.05) is 18.1 Å². The highest BCUT2D eigenvalue weighted by Crippen LogP contribution is 2.46. The largest absolute Gasteiger partial charge is 0.497 e. The van der Waals surface area contributed by atoms with Crippen LogP contribution in [0, 0.1) is 0 Å². The summed E-state index contributed by atoms with van der Waals surface area (Å²) in [5.74, 6) is 0.00740. The average molecular weight is 436 g/mol. The third kappa shape index (κ3) is 3.91. The van der Waals surface area contributed by atoms with Crippen LogP contribution in [-0.2, 0) is 14.3 Å².